The fraction of sp³-hybridized carbons (Fsp3) is 0.300. The van der Waals surface area contributed by atoms with E-state index >= 15 is 0 Å². The average molecular weight is 283 g/mol. The third kappa shape index (κ3) is 6.80. The molecule has 0 aromatic rings. The van der Waals surface area contributed by atoms with E-state index in [0.717, 1.165) is 11.4 Å². The third-order valence-electron chi connectivity index (χ3n) is 2.68. The van der Waals surface area contributed by atoms with Crippen molar-refractivity contribution < 1.29 is 0 Å². The van der Waals surface area contributed by atoms with Crippen LogP contribution < -0.4 is 0 Å². The van der Waals surface area contributed by atoms with Gasteiger partial charge in [-0.2, -0.15) is 0 Å². The lowest BCUT2D eigenvalue weighted by atomic mass is 10.0. The van der Waals surface area contributed by atoms with E-state index < -0.39 is 0 Å². The molecule has 0 aliphatic carbocycles. The minimum absolute atomic E-state index is 0.0622. The predicted molar refractivity (Wildman–Crippen MR) is 96.9 cm³/mol. The van der Waals surface area contributed by atoms with E-state index in [2.05, 4.69) is 63.1 Å². The smallest absolute Gasteiger partial charge is 0.0415 e. The fourth-order valence-corrected chi connectivity index (χ4v) is 1.99. The molecular weight excluding hydrogens is 254 g/mol. The van der Waals surface area contributed by atoms with Gasteiger partial charge in [-0.05, 0) is 58.9 Å². The normalized spacial score (nSPS) is 14.3. The maximum absolute atomic E-state index is 3.83. The van der Waals surface area contributed by atoms with Crippen LogP contribution in [0.3, 0.4) is 0 Å². The summed E-state index contributed by atoms with van der Waals surface area (Å²) in [5.74, 6) is 0. The first-order valence-electron chi connectivity index (χ1n) is 7.30. The molecule has 0 heterocycles. The third-order valence-corrected chi connectivity index (χ3v) is 2.68. The molecule has 0 saturated carbocycles. The van der Waals surface area contributed by atoms with Crippen LogP contribution in [0.5, 0.6) is 0 Å². The Kier molecular flexibility index (Phi) is 8.87. The summed E-state index contributed by atoms with van der Waals surface area (Å²) >= 11 is 0. The SMILES string of the molecule is C=C/C=C\C(=C/C=C)N(C(/C=C\C)=C/C=C\C)C(C)(C)C. The van der Waals surface area contributed by atoms with Gasteiger partial charge in [0.05, 0.1) is 0 Å². The lowest BCUT2D eigenvalue weighted by molar-refractivity contribution is 0.250. The van der Waals surface area contributed by atoms with Crippen LogP contribution in [0.15, 0.2) is 85.3 Å². The van der Waals surface area contributed by atoms with Crippen molar-refractivity contribution in [2.45, 2.75) is 40.2 Å². The molecule has 0 rings (SSSR count). The zero-order valence-electron chi connectivity index (χ0n) is 14.1. The van der Waals surface area contributed by atoms with Gasteiger partial charge in [0.2, 0.25) is 0 Å². The van der Waals surface area contributed by atoms with Gasteiger partial charge in [-0.1, -0.05) is 49.6 Å². The molecule has 0 aliphatic rings. The number of nitrogens with zero attached hydrogens (tertiary/aromatic N) is 1. The van der Waals surface area contributed by atoms with Gasteiger partial charge in [0, 0.05) is 16.9 Å². The molecule has 0 aromatic heterocycles. The average Bonchev–Trinajstić information content (AvgIpc) is 2.40. The first-order chi connectivity index (χ1) is 9.92. The van der Waals surface area contributed by atoms with Crippen molar-refractivity contribution in [3.8, 4) is 0 Å². The molecule has 1 heteroatoms. The first kappa shape index (κ1) is 19.0. The van der Waals surface area contributed by atoms with Crippen molar-refractivity contribution in [2.75, 3.05) is 0 Å². The van der Waals surface area contributed by atoms with E-state index in [4.69, 9.17) is 0 Å². The molecule has 0 saturated heterocycles. The molecule has 0 bridgehead atoms. The van der Waals surface area contributed by atoms with Crippen molar-refractivity contribution in [2.24, 2.45) is 0 Å². The molecule has 0 amide bonds. The lowest BCUT2D eigenvalue weighted by Gasteiger charge is -2.39. The van der Waals surface area contributed by atoms with Crippen LogP contribution in [0.25, 0.3) is 0 Å². The fourth-order valence-electron chi connectivity index (χ4n) is 1.99. The van der Waals surface area contributed by atoms with Gasteiger partial charge in [-0.3, -0.25) is 0 Å². The minimum atomic E-state index is -0.0622. The van der Waals surface area contributed by atoms with Crippen LogP contribution in [0.1, 0.15) is 34.6 Å². The molecule has 0 radical (unpaired) electrons. The van der Waals surface area contributed by atoms with Gasteiger partial charge in [0.25, 0.3) is 0 Å². The van der Waals surface area contributed by atoms with Crippen LogP contribution in [0, 0.1) is 0 Å². The maximum Gasteiger partial charge on any atom is 0.0415 e. The summed E-state index contributed by atoms with van der Waals surface area (Å²) in [4.78, 5) is 2.29. The monoisotopic (exact) mass is 283 g/mol. The summed E-state index contributed by atoms with van der Waals surface area (Å²) in [5.41, 5.74) is 2.14. The Morgan fingerprint density at radius 1 is 0.810 bits per heavy atom. The maximum atomic E-state index is 3.83. The van der Waals surface area contributed by atoms with Crippen molar-refractivity contribution in [1.29, 1.82) is 0 Å². The lowest BCUT2D eigenvalue weighted by Crippen LogP contribution is -2.39. The molecule has 0 atom stereocenters. The summed E-state index contributed by atoms with van der Waals surface area (Å²) in [6, 6.07) is 0. The van der Waals surface area contributed by atoms with Gasteiger partial charge in [0.1, 0.15) is 0 Å². The highest BCUT2D eigenvalue weighted by Gasteiger charge is 2.24. The summed E-state index contributed by atoms with van der Waals surface area (Å²) in [6.07, 6.45) is 20.0. The Bertz CT molecular complexity index is 474. The number of hydrogen-bond acceptors (Lipinski definition) is 1. The second-order valence-corrected chi connectivity index (χ2v) is 5.55. The molecule has 0 spiro atoms. The predicted octanol–water partition coefficient (Wildman–Crippen LogP) is 5.94. The Balaban J connectivity index is 6.06. The summed E-state index contributed by atoms with van der Waals surface area (Å²) in [6.45, 7) is 18.2. The van der Waals surface area contributed by atoms with E-state index in [1.165, 1.54) is 0 Å². The molecule has 0 unspecified atom stereocenters. The molecule has 21 heavy (non-hydrogen) atoms. The van der Waals surface area contributed by atoms with Crippen molar-refractivity contribution >= 4 is 0 Å². The molecular formula is C20H29N. The second-order valence-electron chi connectivity index (χ2n) is 5.55. The molecule has 0 N–H and O–H groups in total. The summed E-state index contributed by atoms with van der Waals surface area (Å²) < 4.78 is 0. The Labute approximate surface area is 131 Å². The van der Waals surface area contributed by atoms with Crippen molar-refractivity contribution in [3.63, 3.8) is 0 Å². The second kappa shape index (κ2) is 9.82. The highest BCUT2D eigenvalue weighted by molar-refractivity contribution is 5.35. The van der Waals surface area contributed by atoms with Gasteiger partial charge < -0.3 is 4.90 Å². The molecule has 0 aromatic carbocycles. The largest absolute Gasteiger partial charge is 0.336 e. The van der Waals surface area contributed by atoms with E-state index in [0.29, 0.717) is 0 Å². The van der Waals surface area contributed by atoms with Gasteiger partial charge in [0.15, 0.2) is 0 Å². The Hall–Kier alpha value is -2.02. The number of rotatable bonds is 7. The van der Waals surface area contributed by atoms with Crippen molar-refractivity contribution in [1.82, 2.24) is 4.90 Å². The Morgan fingerprint density at radius 2 is 1.43 bits per heavy atom. The van der Waals surface area contributed by atoms with E-state index in [1.54, 1.807) is 6.08 Å². The quantitative estimate of drug-likeness (QED) is 0.523. The Morgan fingerprint density at radius 3 is 1.86 bits per heavy atom. The summed E-state index contributed by atoms with van der Waals surface area (Å²) in [7, 11) is 0. The standard InChI is InChI=1S/C20H29N/c1-8-12-16-18(14-10-3)21(20(5,6)7)19(15-11-4)17-13-9-2/h8-17H,1,3H2,2,4-7H3/b13-9-,15-11-,16-12-,18-14+,19-17+. The zero-order chi connectivity index (χ0) is 16.3. The number of hydrogen-bond donors (Lipinski definition) is 0. The van der Waals surface area contributed by atoms with E-state index in [9.17, 15) is 0 Å². The van der Waals surface area contributed by atoms with Gasteiger partial charge >= 0.3 is 0 Å². The van der Waals surface area contributed by atoms with Crippen LogP contribution in [-0.2, 0) is 0 Å². The van der Waals surface area contributed by atoms with E-state index in [1.807, 2.05) is 44.2 Å². The zero-order valence-corrected chi connectivity index (χ0v) is 14.1. The summed E-state index contributed by atoms with van der Waals surface area (Å²) in [5, 5.41) is 0. The molecule has 114 valence electrons. The van der Waals surface area contributed by atoms with Crippen LogP contribution in [0.2, 0.25) is 0 Å². The van der Waals surface area contributed by atoms with Crippen LogP contribution in [-0.4, -0.2) is 10.4 Å². The van der Waals surface area contributed by atoms with E-state index in [-0.39, 0.29) is 5.54 Å². The first-order valence-corrected chi connectivity index (χ1v) is 7.30. The van der Waals surface area contributed by atoms with Crippen LogP contribution in [0.4, 0.5) is 0 Å². The van der Waals surface area contributed by atoms with Gasteiger partial charge in [-0.15, -0.1) is 0 Å². The van der Waals surface area contributed by atoms with Crippen molar-refractivity contribution in [3.05, 3.63) is 85.3 Å². The molecule has 0 fully saturated rings. The van der Waals surface area contributed by atoms with Crippen LogP contribution >= 0.6 is 0 Å². The topological polar surface area (TPSA) is 3.24 Å². The molecule has 0 aliphatic heterocycles. The molecule has 1 nitrogen and oxygen atoms in total. The minimum Gasteiger partial charge on any atom is -0.336 e. The highest BCUT2D eigenvalue weighted by atomic mass is 15.2. The highest BCUT2D eigenvalue weighted by Crippen LogP contribution is 2.27. The number of allylic oxidation sites excluding steroid dienone is 10. The van der Waals surface area contributed by atoms with Gasteiger partial charge in [-0.25, -0.2) is 0 Å².